The number of rotatable bonds is 7. The van der Waals surface area contributed by atoms with Gasteiger partial charge < -0.3 is 19.9 Å². The van der Waals surface area contributed by atoms with Crippen molar-refractivity contribution < 1.29 is 9.53 Å². The number of hydrogen-bond donors (Lipinski definition) is 1. The van der Waals surface area contributed by atoms with Gasteiger partial charge in [0.2, 0.25) is 0 Å². The average Bonchev–Trinajstić information content (AvgIpc) is 2.71. The molecule has 1 atom stereocenters. The number of benzene rings is 2. The molecule has 1 saturated heterocycles. The van der Waals surface area contributed by atoms with E-state index in [2.05, 4.69) is 46.4 Å². The number of anilines is 1. The van der Waals surface area contributed by atoms with Crippen LogP contribution in [0.25, 0.3) is 0 Å². The molecule has 0 saturated carbocycles. The maximum Gasteiger partial charge on any atom is 0.261 e. The first-order valence-corrected chi connectivity index (χ1v) is 10.1. The molecular weight excluding hydrogens is 350 g/mol. The predicted molar refractivity (Wildman–Crippen MR) is 114 cm³/mol. The number of amides is 1. The summed E-state index contributed by atoms with van der Waals surface area (Å²) >= 11 is 0. The molecule has 0 radical (unpaired) electrons. The Morgan fingerprint density at radius 3 is 2.46 bits per heavy atom. The lowest BCUT2D eigenvalue weighted by molar-refractivity contribution is -0.128. The molecule has 150 valence electrons. The lowest BCUT2D eigenvalue weighted by Gasteiger charge is -2.34. The van der Waals surface area contributed by atoms with E-state index in [1.807, 2.05) is 38.1 Å². The molecule has 1 aliphatic rings. The quantitative estimate of drug-likeness (QED) is 0.800. The van der Waals surface area contributed by atoms with Crippen molar-refractivity contribution in [1.82, 2.24) is 10.2 Å². The molecule has 0 unspecified atom stereocenters. The van der Waals surface area contributed by atoms with E-state index >= 15 is 0 Å². The normalized spacial score (nSPS) is 15.9. The summed E-state index contributed by atoms with van der Waals surface area (Å²) in [6, 6.07) is 16.3. The number of hydrogen-bond acceptors (Lipinski definition) is 4. The van der Waals surface area contributed by atoms with Crippen LogP contribution < -0.4 is 15.0 Å². The van der Waals surface area contributed by atoms with E-state index in [1.54, 1.807) is 0 Å². The fraction of sp³-hybridized carbons (Fsp3) is 0.435. The first-order chi connectivity index (χ1) is 13.5. The number of ether oxygens (including phenoxy) is 1. The van der Waals surface area contributed by atoms with Crippen LogP contribution in [0.3, 0.4) is 0 Å². The minimum atomic E-state index is -0.480. The molecule has 1 amide bonds. The highest BCUT2D eigenvalue weighted by Crippen LogP contribution is 2.18. The second kappa shape index (κ2) is 9.60. The molecule has 0 spiro atoms. The van der Waals surface area contributed by atoms with Crippen LogP contribution in [0.4, 0.5) is 5.69 Å². The van der Waals surface area contributed by atoms with E-state index in [0.29, 0.717) is 13.0 Å². The van der Waals surface area contributed by atoms with Gasteiger partial charge in [0.1, 0.15) is 5.75 Å². The molecule has 1 aliphatic heterocycles. The van der Waals surface area contributed by atoms with E-state index in [-0.39, 0.29) is 5.91 Å². The molecule has 2 aromatic rings. The number of piperazine rings is 1. The van der Waals surface area contributed by atoms with Crippen LogP contribution >= 0.6 is 0 Å². The molecule has 1 N–H and O–H groups in total. The Labute approximate surface area is 168 Å². The fourth-order valence-electron chi connectivity index (χ4n) is 3.37. The van der Waals surface area contributed by atoms with Crippen LogP contribution in [-0.2, 0) is 11.3 Å². The van der Waals surface area contributed by atoms with Crippen molar-refractivity contribution in [3.63, 3.8) is 0 Å². The van der Waals surface area contributed by atoms with Crippen molar-refractivity contribution in [2.45, 2.75) is 32.9 Å². The number of nitrogens with one attached hydrogen (secondary N) is 1. The van der Waals surface area contributed by atoms with Gasteiger partial charge >= 0.3 is 0 Å². The van der Waals surface area contributed by atoms with E-state index in [0.717, 1.165) is 43.1 Å². The van der Waals surface area contributed by atoms with Gasteiger partial charge in [0, 0.05) is 38.4 Å². The van der Waals surface area contributed by atoms with Crippen LogP contribution in [0.5, 0.6) is 5.75 Å². The van der Waals surface area contributed by atoms with Crippen molar-refractivity contribution in [3.8, 4) is 5.75 Å². The van der Waals surface area contributed by atoms with Crippen LogP contribution in [0, 0.1) is 6.92 Å². The van der Waals surface area contributed by atoms with Gasteiger partial charge in [-0.15, -0.1) is 0 Å². The highest BCUT2D eigenvalue weighted by molar-refractivity contribution is 5.81. The summed E-state index contributed by atoms with van der Waals surface area (Å²) in [5, 5.41) is 3.01. The summed E-state index contributed by atoms with van der Waals surface area (Å²) in [6.07, 6.45) is 0.147. The third kappa shape index (κ3) is 5.49. The highest BCUT2D eigenvalue weighted by atomic mass is 16.5. The van der Waals surface area contributed by atoms with Crippen molar-refractivity contribution in [2.24, 2.45) is 0 Å². The molecule has 5 heteroatoms. The Morgan fingerprint density at radius 1 is 1.11 bits per heavy atom. The van der Waals surface area contributed by atoms with Gasteiger partial charge in [0.05, 0.1) is 0 Å². The van der Waals surface area contributed by atoms with Crippen molar-refractivity contribution in [2.75, 3.05) is 38.1 Å². The van der Waals surface area contributed by atoms with Gasteiger partial charge in [-0.3, -0.25) is 4.79 Å². The zero-order chi connectivity index (χ0) is 19.9. The van der Waals surface area contributed by atoms with Crippen LogP contribution in [-0.4, -0.2) is 50.1 Å². The summed E-state index contributed by atoms with van der Waals surface area (Å²) < 4.78 is 5.88. The van der Waals surface area contributed by atoms with Gasteiger partial charge in [0.25, 0.3) is 5.91 Å². The van der Waals surface area contributed by atoms with Crippen molar-refractivity contribution in [1.29, 1.82) is 0 Å². The monoisotopic (exact) mass is 381 g/mol. The number of likely N-dealkylation sites (N-methyl/N-ethyl adjacent to an activating group) is 1. The molecule has 1 fully saturated rings. The van der Waals surface area contributed by atoms with Gasteiger partial charge in [-0.25, -0.2) is 0 Å². The summed E-state index contributed by atoms with van der Waals surface area (Å²) in [6.45, 7) is 8.79. The first-order valence-electron chi connectivity index (χ1n) is 10.1. The number of aryl methyl sites for hydroxylation is 1. The third-order valence-electron chi connectivity index (χ3n) is 5.20. The zero-order valence-corrected chi connectivity index (χ0v) is 17.1. The standard InChI is InChI=1S/C23H31N3O2/c1-4-22(28-21-7-5-6-18(2)16-21)23(27)24-17-19-8-10-20(11-9-19)26-14-12-25(3)13-15-26/h5-11,16,22H,4,12-15,17H2,1-3H3,(H,24,27)/t22-/m0/s1. The summed E-state index contributed by atoms with van der Waals surface area (Å²) in [5.41, 5.74) is 3.46. The number of carbonyl (C=O) groups is 1. The maximum absolute atomic E-state index is 12.5. The second-order valence-electron chi connectivity index (χ2n) is 7.51. The summed E-state index contributed by atoms with van der Waals surface area (Å²) in [5.74, 6) is 0.658. The van der Waals surface area contributed by atoms with E-state index in [9.17, 15) is 4.79 Å². The molecule has 5 nitrogen and oxygen atoms in total. The van der Waals surface area contributed by atoms with Crippen LogP contribution in [0.15, 0.2) is 48.5 Å². The molecule has 1 heterocycles. The SMILES string of the molecule is CC[C@H](Oc1cccc(C)c1)C(=O)NCc1ccc(N2CCN(C)CC2)cc1. The lowest BCUT2D eigenvalue weighted by atomic mass is 10.1. The molecular formula is C23H31N3O2. The minimum Gasteiger partial charge on any atom is -0.481 e. The smallest absolute Gasteiger partial charge is 0.261 e. The van der Waals surface area contributed by atoms with Crippen LogP contribution in [0.1, 0.15) is 24.5 Å². The Balaban J connectivity index is 1.51. The second-order valence-corrected chi connectivity index (χ2v) is 7.51. The zero-order valence-electron chi connectivity index (χ0n) is 17.1. The Morgan fingerprint density at radius 2 is 1.82 bits per heavy atom. The third-order valence-corrected chi connectivity index (χ3v) is 5.20. The first kappa shape index (κ1) is 20.2. The largest absolute Gasteiger partial charge is 0.481 e. The Hall–Kier alpha value is -2.53. The molecule has 0 aliphatic carbocycles. The van der Waals surface area contributed by atoms with E-state index in [4.69, 9.17) is 4.74 Å². The molecule has 2 aromatic carbocycles. The topological polar surface area (TPSA) is 44.8 Å². The number of carbonyl (C=O) groups excluding carboxylic acids is 1. The average molecular weight is 382 g/mol. The van der Waals surface area contributed by atoms with E-state index < -0.39 is 6.10 Å². The van der Waals surface area contributed by atoms with Crippen LogP contribution in [0.2, 0.25) is 0 Å². The van der Waals surface area contributed by atoms with E-state index in [1.165, 1.54) is 5.69 Å². The number of nitrogens with zero attached hydrogens (tertiary/aromatic N) is 2. The van der Waals surface area contributed by atoms with Gasteiger partial charge in [-0.05, 0) is 55.8 Å². The highest BCUT2D eigenvalue weighted by Gasteiger charge is 2.18. The Kier molecular flexibility index (Phi) is 6.93. The molecule has 0 aromatic heterocycles. The predicted octanol–water partition coefficient (Wildman–Crippen LogP) is 3.22. The van der Waals surface area contributed by atoms with Gasteiger partial charge in [0.15, 0.2) is 6.10 Å². The summed E-state index contributed by atoms with van der Waals surface area (Å²) in [7, 11) is 2.16. The molecule has 28 heavy (non-hydrogen) atoms. The van der Waals surface area contributed by atoms with Crippen molar-refractivity contribution >= 4 is 11.6 Å². The lowest BCUT2D eigenvalue weighted by Crippen LogP contribution is -2.44. The molecule has 3 rings (SSSR count). The minimum absolute atomic E-state index is 0.0767. The van der Waals surface area contributed by atoms with Gasteiger partial charge in [-0.2, -0.15) is 0 Å². The molecule has 0 bridgehead atoms. The van der Waals surface area contributed by atoms with Crippen molar-refractivity contribution in [3.05, 3.63) is 59.7 Å². The summed E-state index contributed by atoms with van der Waals surface area (Å²) in [4.78, 5) is 17.3. The maximum atomic E-state index is 12.5. The van der Waals surface area contributed by atoms with Gasteiger partial charge in [-0.1, -0.05) is 31.2 Å². The Bertz CT molecular complexity index is 768. The fourth-order valence-corrected chi connectivity index (χ4v) is 3.37.